The summed E-state index contributed by atoms with van der Waals surface area (Å²) in [6.07, 6.45) is 6.55. The number of ether oxygens (including phenoxy) is 2. The molecule has 4 heteroatoms. The molecule has 0 bridgehead atoms. The molecule has 1 N–H and O–H groups in total. The topological polar surface area (TPSA) is 30.5 Å². The predicted molar refractivity (Wildman–Crippen MR) is 102 cm³/mol. The second-order valence-electron chi connectivity index (χ2n) is 6.58. The normalized spacial score (nSPS) is 15.1. The van der Waals surface area contributed by atoms with Gasteiger partial charge in [-0.25, -0.2) is 0 Å². The van der Waals surface area contributed by atoms with Crippen LogP contribution in [0, 0.1) is 0 Å². The average molecular weight is 360 g/mol. The molecule has 3 rings (SSSR count). The standard InChI is InChI=1S/C21H26ClNO2/c1-24-20-12-6-8-17(14-23-19-10-3-2-4-11-19)21(20)25-15-16-7-5-9-18(22)13-16/h5-9,12-13,19,23H,2-4,10-11,14-15H2,1H3. The summed E-state index contributed by atoms with van der Waals surface area (Å²) in [5.41, 5.74) is 2.18. The Kier molecular flexibility index (Phi) is 6.60. The number of para-hydroxylation sites is 1. The lowest BCUT2D eigenvalue weighted by Gasteiger charge is -2.24. The Bertz CT molecular complexity index is 683. The monoisotopic (exact) mass is 359 g/mol. The van der Waals surface area contributed by atoms with Crippen molar-refractivity contribution >= 4 is 11.6 Å². The number of hydrogen-bond acceptors (Lipinski definition) is 3. The largest absolute Gasteiger partial charge is 0.493 e. The zero-order chi connectivity index (χ0) is 17.5. The lowest BCUT2D eigenvalue weighted by Crippen LogP contribution is -2.30. The predicted octanol–water partition coefficient (Wildman–Crippen LogP) is 5.35. The Morgan fingerprint density at radius 2 is 1.88 bits per heavy atom. The molecule has 2 aromatic rings. The second kappa shape index (κ2) is 9.12. The first-order valence-corrected chi connectivity index (χ1v) is 9.40. The minimum absolute atomic E-state index is 0.470. The van der Waals surface area contributed by atoms with E-state index >= 15 is 0 Å². The SMILES string of the molecule is COc1cccc(CNC2CCCCC2)c1OCc1cccc(Cl)c1. The molecule has 0 aliphatic heterocycles. The highest BCUT2D eigenvalue weighted by Gasteiger charge is 2.15. The van der Waals surface area contributed by atoms with Crippen molar-refractivity contribution in [1.82, 2.24) is 5.32 Å². The molecule has 1 fully saturated rings. The summed E-state index contributed by atoms with van der Waals surface area (Å²) in [5, 5.41) is 4.40. The van der Waals surface area contributed by atoms with Gasteiger partial charge in [-0.15, -0.1) is 0 Å². The van der Waals surface area contributed by atoms with E-state index in [1.807, 2.05) is 36.4 Å². The van der Waals surface area contributed by atoms with E-state index in [-0.39, 0.29) is 0 Å². The minimum Gasteiger partial charge on any atom is -0.493 e. The smallest absolute Gasteiger partial charge is 0.166 e. The first kappa shape index (κ1) is 18.1. The summed E-state index contributed by atoms with van der Waals surface area (Å²) in [5.74, 6) is 1.58. The van der Waals surface area contributed by atoms with Crippen LogP contribution in [-0.2, 0) is 13.2 Å². The van der Waals surface area contributed by atoms with Crippen LogP contribution in [0.2, 0.25) is 5.02 Å². The van der Waals surface area contributed by atoms with Crippen molar-refractivity contribution in [3.63, 3.8) is 0 Å². The van der Waals surface area contributed by atoms with Crippen LogP contribution in [0.15, 0.2) is 42.5 Å². The maximum absolute atomic E-state index is 6.12. The van der Waals surface area contributed by atoms with Crippen LogP contribution in [0.1, 0.15) is 43.2 Å². The molecule has 0 amide bonds. The molecular formula is C21H26ClNO2. The Morgan fingerprint density at radius 1 is 1.08 bits per heavy atom. The van der Waals surface area contributed by atoms with Crippen LogP contribution in [0.3, 0.4) is 0 Å². The maximum atomic E-state index is 6.12. The van der Waals surface area contributed by atoms with Gasteiger partial charge in [-0.05, 0) is 36.6 Å². The number of methoxy groups -OCH3 is 1. The van der Waals surface area contributed by atoms with Gasteiger partial charge in [-0.1, -0.05) is 55.1 Å². The van der Waals surface area contributed by atoms with E-state index in [4.69, 9.17) is 21.1 Å². The summed E-state index contributed by atoms with van der Waals surface area (Å²) >= 11 is 6.06. The van der Waals surface area contributed by atoms with Gasteiger partial charge in [0, 0.05) is 23.2 Å². The summed E-state index contributed by atoms with van der Waals surface area (Å²) < 4.78 is 11.6. The highest BCUT2D eigenvalue weighted by atomic mass is 35.5. The minimum atomic E-state index is 0.470. The van der Waals surface area contributed by atoms with Gasteiger partial charge in [0.25, 0.3) is 0 Å². The second-order valence-corrected chi connectivity index (χ2v) is 7.02. The van der Waals surface area contributed by atoms with Gasteiger partial charge in [0.15, 0.2) is 11.5 Å². The van der Waals surface area contributed by atoms with Gasteiger partial charge in [-0.3, -0.25) is 0 Å². The Labute approximate surface area is 155 Å². The van der Waals surface area contributed by atoms with Gasteiger partial charge in [0.2, 0.25) is 0 Å². The fourth-order valence-corrected chi connectivity index (χ4v) is 3.58. The highest BCUT2D eigenvalue weighted by Crippen LogP contribution is 2.32. The molecule has 134 valence electrons. The van der Waals surface area contributed by atoms with Crippen LogP contribution < -0.4 is 14.8 Å². The zero-order valence-electron chi connectivity index (χ0n) is 14.8. The van der Waals surface area contributed by atoms with Crippen molar-refractivity contribution in [2.75, 3.05) is 7.11 Å². The molecule has 0 spiro atoms. The molecule has 0 aromatic heterocycles. The van der Waals surface area contributed by atoms with Crippen LogP contribution >= 0.6 is 11.6 Å². The van der Waals surface area contributed by atoms with E-state index in [1.54, 1.807) is 7.11 Å². The van der Waals surface area contributed by atoms with E-state index in [0.29, 0.717) is 12.6 Å². The number of hydrogen-bond donors (Lipinski definition) is 1. The lowest BCUT2D eigenvalue weighted by molar-refractivity contribution is 0.279. The zero-order valence-corrected chi connectivity index (χ0v) is 15.5. The van der Waals surface area contributed by atoms with E-state index in [1.165, 1.54) is 32.1 Å². The molecule has 0 radical (unpaired) electrons. The number of halogens is 1. The molecule has 1 aliphatic rings. The Hall–Kier alpha value is -1.71. The molecule has 0 unspecified atom stereocenters. The summed E-state index contributed by atoms with van der Waals surface area (Å²) in [6.45, 7) is 1.27. The number of rotatable bonds is 7. The van der Waals surface area contributed by atoms with Crippen molar-refractivity contribution in [3.05, 3.63) is 58.6 Å². The molecule has 0 heterocycles. The third kappa shape index (κ3) is 5.13. The van der Waals surface area contributed by atoms with E-state index < -0.39 is 0 Å². The fourth-order valence-electron chi connectivity index (χ4n) is 3.37. The van der Waals surface area contributed by atoms with Crippen LogP contribution in [-0.4, -0.2) is 13.2 Å². The molecule has 0 saturated heterocycles. The van der Waals surface area contributed by atoms with Crippen LogP contribution in [0.5, 0.6) is 11.5 Å². The van der Waals surface area contributed by atoms with Crippen molar-refractivity contribution in [2.45, 2.75) is 51.3 Å². The molecule has 25 heavy (non-hydrogen) atoms. The molecule has 2 aromatic carbocycles. The molecule has 1 aliphatic carbocycles. The maximum Gasteiger partial charge on any atom is 0.166 e. The van der Waals surface area contributed by atoms with Gasteiger partial charge < -0.3 is 14.8 Å². The quantitative estimate of drug-likeness (QED) is 0.722. The Morgan fingerprint density at radius 3 is 2.64 bits per heavy atom. The number of benzene rings is 2. The van der Waals surface area contributed by atoms with Crippen molar-refractivity contribution < 1.29 is 9.47 Å². The van der Waals surface area contributed by atoms with E-state index in [9.17, 15) is 0 Å². The summed E-state index contributed by atoms with van der Waals surface area (Å²) in [6, 6.07) is 14.4. The van der Waals surface area contributed by atoms with Crippen molar-refractivity contribution in [2.24, 2.45) is 0 Å². The average Bonchev–Trinajstić information content (AvgIpc) is 2.65. The van der Waals surface area contributed by atoms with E-state index in [0.717, 1.165) is 34.2 Å². The lowest BCUT2D eigenvalue weighted by atomic mass is 9.95. The highest BCUT2D eigenvalue weighted by molar-refractivity contribution is 6.30. The van der Waals surface area contributed by atoms with E-state index in [2.05, 4.69) is 11.4 Å². The number of nitrogens with one attached hydrogen (secondary N) is 1. The summed E-state index contributed by atoms with van der Waals surface area (Å²) in [4.78, 5) is 0. The van der Waals surface area contributed by atoms with Gasteiger partial charge in [-0.2, -0.15) is 0 Å². The molecule has 1 saturated carbocycles. The fraction of sp³-hybridized carbons (Fsp3) is 0.429. The first-order valence-electron chi connectivity index (χ1n) is 9.03. The van der Waals surface area contributed by atoms with Gasteiger partial charge in [0.1, 0.15) is 6.61 Å². The van der Waals surface area contributed by atoms with Crippen molar-refractivity contribution in [3.8, 4) is 11.5 Å². The van der Waals surface area contributed by atoms with Gasteiger partial charge in [0.05, 0.1) is 7.11 Å². The molecular weight excluding hydrogens is 334 g/mol. The van der Waals surface area contributed by atoms with Crippen LogP contribution in [0.25, 0.3) is 0 Å². The van der Waals surface area contributed by atoms with Gasteiger partial charge >= 0.3 is 0 Å². The van der Waals surface area contributed by atoms with Crippen LogP contribution in [0.4, 0.5) is 0 Å². The molecule has 0 atom stereocenters. The first-order chi connectivity index (χ1) is 12.3. The summed E-state index contributed by atoms with van der Waals surface area (Å²) in [7, 11) is 1.68. The molecule has 3 nitrogen and oxygen atoms in total. The third-order valence-electron chi connectivity index (χ3n) is 4.74. The Balaban J connectivity index is 1.69. The van der Waals surface area contributed by atoms with Crippen molar-refractivity contribution in [1.29, 1.82) is 0 Å². The third-order valence-corrected chi connectivity index (χ3v) is 4.97.